The Balaban J connectivity index is 1.80. The summed E-state index contributed by atoms with van der Waals surface area (Å²) in [5.74, 6) is 0. The second-order valence-electron chi connectivity index (χ2n) is 5.79. The molecule has 0 spiro atoms. The Morgan fingerprint density at radius 2 is 2.06 bits per heavy atom. The molecule has 0 radical (unpaired) electrons. The number of aryl methyl sites for hydroxylation is 1. The highest BCUT2D eigenvalue weighted by Gasteiger charge is 2.26. The zero-order valence-electron chi connectivity index (χ0n) is 11.4. The minimum atomic E-state index is 0.669. The Morgan fingerprint density at radius 1 is 1.17 bits per heavy atom. The van der Waals surface area contributed by atoms with Gasteiger partial charge in [0.05, 0.1) is 0 Å². The fourth-order valence-electron chi connectivity index (χ4n) is 3.45. The molecule has 0 bridgehead atoms. The van der Waals surface area contributed by atoms with Gasteiger partial charge in [-0.15, -0.1) is 0 Å². The SMILES string of the molecule is CC1CCN(C2CCCc3ccccc32)CCN1. The molecule has 1 N–H and O–H groups in total. The molecule has 2 aliphatic rings. The number of rotatable bonds is 1. The van der Waals surface area contributed by atoms with Gasteiger partial charge in [0.25, 0.3) is 0 Å². The van der Waals surface area contributed by atoms with Gasteiger partial charge in [-0.2, -0.15) is 0 Å². The lowest BCUT2D eigenvalue weighted by Crippen LogP contribution is -2.34. The van der Waals surface area contributed by atoms with Crippen molar-refractivity contribution in [1.29, 1.82) is 0 Å². The number of hydrogen-bond acceptors (Lipinski definition) is 2. The smallest absolute Gasteiger partial charge is 0.0351 e. The number of fused-ring (bicyclic) bond motifs is 1. The molecule has 1 aliphatic carbocycles. The van der Waals surface area contributed by atoms with Gasteiger partial charge in [0.2, 0.25) is 0 Å². The number of nitrogens with one attached hydrogen (secondary N) is 1. The maximum Gasteiger partial charge on any atom is 0.0351 e. The second kappa shape index (κ2) is 5.41. The highest BCUT2D eigenvalue weighted by atomic mass is 15.2. The van der Waals surface area contributed by atoms with Crippen LogP contribution in [0, 0.1) is 0 Å². The molecule has 1 fully saturated rings. The predicted molar refractivity (Wildman–Crippen MR) is 75.8 cm³/mol. The summed E-state index contributed by atoms with van der Waals surface area (Å²) in [4.78, 5) is 2.70. The molecule has 3 rings (SSSR count). The Morgan fingerprint density at radius 3 is 3.00 bits per heavy atom. The van der Waals surface area contributed by atoms with Crippen LogP contribution in [0.2, 0.25) is 0 Å². The fraction of sp³-hybridized carbons (Fsp3) is 0.625. The van der Waals surface area contributed by atoms with Gasteiger partial charge in [0, 0.05) is 31.7 Å². The van der Waals surface area contributed by atoms with Crippen LogP contribution < -0.4 is 5.32 Å². The van der Waals surface area contributed by atoms with Crippen molar-refractivity contribution in [1.82, 2.24) is 10.2 Å². The van der Waals surface area contributed by atoms with Crippen LogP contribution in [-0.4, -0.2) is 30.6 Å². The summed E-state index contributed by atoms with van der Waals surface area (Å²) in [5.41, 5.74) is 3.18. The van der Waals surface area contributed by atoms with Crippen LogP contribution >= 0.6 is 0 Å². The second-order valence-corrected chi connectivity index (χ2v) is 5.79. The van der Waals surface area contributed by atoms with E-state index in [1.165, 1.54) is 38.8 Å². The van der Waals surface area contributed by atoms with E-state index in [0.29, 0.717) is 12.1 Å². The fourth-order valence-corrected chi connectivity index (χ4v) is 3.45. The van der Waals surface area contributed by atoms with Crippen LogP contribution in [0.3, 0.4) is 0 Å². The summed E-state index contributed by atoms with van der Waals surface area (Å²) in [6, 6.07) is 10.4. The largest absolute Gasteiger partial charge is 0.313 e. The summed E-state index contributed by atoms with van der Waals surface area (Å²) >= 11 is 0. The van der Waals surface area contributed by atoms with E-state index in [9.17, 15) is 0 Å². The first-order chi connectivity index (χ1) is 8.84. The number of nitrogens with zero attached hydrogens (tertiary/aromatic N) is 1. The van der Waals surface area contributed by atoms with Crippen molar-refractivity contribution in [2.45, 2.75) is 44.7 Å². The van der Waals surface area contributed by atoms with Crippen molar-refractivity contribution in [3.63, 3.8) is 0 Å². The Hall–Kier alpha value is -0.860. The van der Waals surface area contributed by atoms with Crippen molar-refractivity contribution in [2.24, 2.45) is 0 Å². The van der Waals surface area contributed by atoms with Gasteiger partial charge in [-0.1, -0.05) is 24.3 Å². The lowest BCUT2D eigenvalue weighted by Gasteiger charge is -2.35. The van der Waals surface area contributed by atoms with E-state index in [1.54, 1.807) is 11.1 Å². The predicted octanol–water partition coefficient (Wildman–Crippen LogP) is 2.75. The third-order valence-electron chi connectivity index (χ3n) is 4.52. The molecule has 1 saturated heterocycles. The van der Waals surface area contributed by atoms with E-state index in [0.717, 1.165) is 6.54 Å². The first-order valence-electron chi connectivity index (χ1n) is 7.40. The van der Waals surface area contributed by atoms with E-state index in [-0.39, 0.29) is 0 Å². The van der Waals surface area contributed by atoms with Gasteiger partial charge in [0.1, 0.15) is 0 Å². The molecule has 2 heteroatoms. The lowest BCUT2D eigenvalue weighted by molar-refractivity contribution is 0.189. The normalized spacial score (nSPS) is 29.6. The summed E-state index contributed by atoms with van der Waals surface area (Å²) in [6.07, 6.45) is 5.24. The summed E-state index contributed by atoms with van der Waals surface area (Å²) in [6.45, 7) is 5.88. The molecule has 2 nitrogen and oxygen atoms in total. The molecule has 2 unspecified atom stereocenters. The molecule has 98 valence electrons. The van der Waals surface area contributed by atoms with Crippen LogP contribution in [0.25, 0.3) is 0 Å². The third kappa shape index (κ3) is 2.45. The monoisotopic (exact) mass is 244 g/mol. The number of hydrogen-bond donors (Lipinski definition) is 1. The highest BCUT2D eigenvalue weighted by Crippen LogP contribution is 2.34. The van der Waals surface area contributed by atoms with Crippen LogP contribution in [0.4, 0.5) is 0 Å². The molecular weight excluding hydrogens is 220 g/mol. The summed E-state index contributed by atoms with van der Waals surface area (Å²) in [7, 11) is 0. The maximum atomic E-state index is 3.60. The van der Waals surface area contributed by atoms with Crippen LogP contribution in [-0.2, 0) is 6.42 Å². The van der Waals surface area contributed by atoms with E-state index in [2.05, 4.69) is 41.4 Å². The minimum absolute atomic E-state index is 0.669. The standard InChI is InChI=1S/C16H24N2/c1-13-9-11-18(12-10-17-13)16-8-4-6-14-5-2-3-7-15(14)16/h2-3,5,7,13,16-17H,4,6,8-12H2,1H3. The minimum Gasteiger partial charge on any atom is -0.313 e. The molecule has 18 heavy (non-hydrogen) atoms. The van der Waals surface area contributed by atoms with Gasteiger partial charge in [-0.25, -0.2) is 0 Å². The average Bonchev–Trinajstić information content (AvgIpc) is 2.63. The molecular formula is C16H24N2. The van der Waals surface area contributed by atoms with Gasteiger partial charge >= 0.3 is 0 Å². The molecule has 0 aromatic heterocycles. The molecule has 1 aromatic rings. The first-order valence-corrected chi connectivity index (χ1v) is 7.40. The van der Waals surface area contributed by atoms with Gasteiger partial charge in [-0.3, -0.25) is 4.90 Å². The average molecular weight is 244 g/mol. The zero-order valence-corrected chi connectivity index (χ0v) is 11.4. The molecule has 1 aliphatic heterocycles. The van der Waals surface area contributed by atoms with E-state index in [1.807, 2.05) is 0 Å². The third-order valence-corrected chi connectivity index (χ3v) is 4.52. The lowest BCUT2D eigenvalue weighted by atomic mass is 9.86. The van der Waals surface area contributed by atoms with E-state index >= 15 is 0 Å². The topological polar surface area (TPSA) is 15.3 Å². The summed E-state index contributed by atoms with van der Waals surface area (Å²) < 4.78 is 0. The zero-order chi connectivity index (χ0) is 12.4. The Bertz CT molecular complexity index is 402. The van der Waals surface area contributed by atoms with Crippen molar-refractivity contribution >= 4 is 0 Å². The highest BCUT2D eigenvalue weighted by molar-refractivity contribution is 5.32. The molecule has 1 heterocycles. The van der Waals surface area contributed by atoms with Gasteiger partial charge in [0.15, 0.2) is 0 Å². The van der Waals surface area contributed by atoms with E-state index < -0.39 is 0 Å². The summed E-state index contributed by atoms with van der Waals surface area (Å²) in [5, 5.41) is 3.60. The van der Waals surface area contributed by atoms with Crippen LogP contribution in [0.15, 0.2) is 24.3 Å². The van der Waals surface area contributed by atoms with Crippen molar-refractivity contribution < 1.29 is 0 Å². The number of benzene rings is 1. The maximum absolute atomic E-state index is 3.60. The van der Waals surface area contributed by atoms with Crippen molar-refractivity contribution in [3.05, 3.63) is 35.4 Å². The molecule has 1 aromatic carbocycles. The molecule has 0 saturated carbocycles. The van der Waals surface area contributed by atoms with Crippen molar-refractivity contribution in [2.75, 3.05) is 19.6 Å². The van der Waals surface area contributed by atoms with Crippen LogP contribution in [0.5, 0.6) is 0 Å². The van der Waals surface area contributed by atoms with Gasteiger partial charge in [-0.05, 0) is 43.7 Å². The van der Waals surface area contributed by atoms with Gasteiger partial charge < -0.3 is 5.32 Å². The Kier molecular flexibility index (Phi) is 3.67. The Labute approximate surface area is 110 Å². The van der Waals surface area contributed by atoms with E-state index in [4.69, 9.17) is 0 Å². The van der Waals surface area contributed by atoms with Crippen molar-refractivity contribution in [3.8, 4) is 0 Å². The molecule has 0 amide bonds. The quantitative estimate of drug-likeness (QED) is 0.817. The molecule has 2 atom stereocenters. The first kappa shape index (κ1) is 12.2. The van der Waals surface area contributed by atoms with Crippen LogP contribution in [0.1, 0.15) is 43.4 Å².